The summed E-state index contributed by atoms with van der Waals surface area (Å²) in [5.41, 5.74) is -1.30. The molecule has 0 radical (unpaired) electrons. The van der Waals surface area contributed by atoms with Crippen molar-refractivity contribution < 1.29 is 5.11 Å². The summed E-state index contributed by atoms with van der Waals surface area (Å²) < 4.78 is 0. The second-order valence-electron chi connectivity index (χ2n) is 6.24. The highest BCUT2D eigenvalue weighted by molar-refractivity contribution is 5.19. The van der Waals surface area contributed by atoms with Crippen LogP contribution in [0.2, 0.25) is 0 Å². The van der Waals surface area contributed by atoms with Gasteiger partial charge in [0.1, 0.15) is 0 Å². The zero-order chi connectivity index (χ0) is 11.9. The highest BCUT2D eigenvalue weighted by Crippen LogP contribution is 2.62. The maximum Gasteiger partial charge on any atom is 0.0862 e. The highest BCUT2D eigenvalue weighted by Gasteiger charge is 2.62. The molecule has 0 amide bonds. The summed E-state index contributed by atoms with van der Waals surface area (Å²) in [5, 5.41) is 20.5. The van der Waals surface area contributed by atoms with Gasteiger partial charge in [-0.1, -0.05) is 32.6 Å². The average molecular weight is 221 g/mol. The summed E-state index contributed by atoms with van der Waals surface area (Å²) in [6, 6.07) is 2.49. The lowest BCUT2D eigenvalue weighted by molar-refractivity contribution is -0.0998. The van der Waals surface area contributed by atoms with Gasteiger partial charge in [-0.15, -0.1) is 0 Å². The van der Waals surface area contributed by atoms with E-state index in [9.17, 15) is 10.4 Å². The van der Waals surface area contributed by atoms with Crippen LogP contribution in [0, 0.1) is 22.2 Å². The topological polar surface area (TPSA) is 44.0 Å². The van der Waals surface area contributed by atoms with E-state index in [0.29, 0.717) is 0 Å². The first kappa shape index (κ1) is 11.9. The molecule has 0 aromatic heterocycles. The molecule has 2 aliphatic rings. The van der Waals surface area contributed by atoms with E-state index < -0.39 is 11.0 Å². The van der Waals surface area contributed by atoms with Gasteiger partial charge in [0.2, 0.25) is 0 Å². The smallest absolute Gasteiger partial charge is 0.0862 e. The van der Waals surface area contributed by atoms with Crippen LogP contribution in [0.15, 0.2) is 0 Å². The molecule has 2 rings (SSSR count). The van der Waals surface area contributed by atoms with E-state index in [1.54, 1.807) is 0 Å². The fourth-order valence-electron chi connectivity index (χ4n) is 3.29. The molecule has 0 spiro atoms. The Kier molecular flexibility index (Phi) is 2.78. The Morgan fingerprint density at radius 1 is 1.06 bits per heavy atom. The molecular weight excluding hydrogens is 198 g/mol. The second-order valence-corrected chi connectivity index (χ2v) is 6.24. The minimum absolute atomic E-state index is 0.00687. The van der Waals surface area contributed by atoms with Gasteiger partial charge in [0, 0.05) is 0 Å². The van der Waals surface area contributed by atoms with Crippen molar-refractivity contribution in [3.05, 3.63) is 0 Å². The molecule has 0 saturated heterocycles. The molecule has 1 unspecified atom stereocenters. The Bertz CT molecular complexity index is 301. The number of rotatable bonds is 2. The molecular formula is C14H23NO. The van der Waals surface area contributed by atoms with Crippen molar-refractivity contribution in [3.8, 4) is 6.07 Å². The van der Waals surface area contributed by atoms with Gasteiger partial charge in [0.15, 0.2) is 0 Å². The molecule has 16 heavy (non-hydrogen) atoms. The fraction of sp³-hybridized carbons (Fsp3) is 0.929. The van der Waals surface area contributed by atoms with Crippen molar-refractivity contribution in [3.63, 3.8) is 0 Å². The van der Waals surface area contributed by atoms with Crippen molar-refractivity contribution in [1.29, 1.82) is 5.26 Å². The molecule has 0 bridgehead atoms. The quantitative estimate of drug-likeness (QED) is 0.726. The van der Waals surface area contributed by atoms with E-state index >= 15 is 0 Å². The molecule has 0 aromatic carbocycles. The van der Waals surface area contributed by atoms with Crippen LogP contribution in [0.1, 0.15) is 65.2 Å². The fourth-order valence-corrected chi connectivity index (χ4v) is 3.29. The van der Waals surface area contributed by atoms with Crippen LogP contribution in [0.5, 0.6) is 0 Å². The van der Waals surface area contributed by atoms with E-state index in [-0.39, 0.29) is 5.41 Å². The van der Waals surface area contributed by atoms with Crippen LogP contribution in [-0.2, 0) is 0 Å². The number of nitriles is 1. The normalized spacial score (nSPS) is 30.9. The Hall–Kier alpha value is -0.550. The average Bonchev–Trinajstić information content (AvgIpc) is 3.02. The van der Waals surface area contributed by atoms with Crippen LogP contribution >= 0.6 is 0 Å². The molecule has 1 N–H and O–H groups in total. The van der Waals surface area contributed by atoms with Crippen LogP contribution < -0.4 is 0 Å². The SMILES string of the molecule is CC1(C(C)(O)C2(C#N)CCCCCC2)CC1. The first-order valence-corrected chi connectivity index (χ1v) is 6.61. The van der Waals surface area contributed by atoms with Gasteiger partial charge in [0.25, 0.3) is 0 Å². The summed E-state index contributed by atoms with van der Waals surface area (Å²) in [5.74, 6) is 0. The van der Waals surface area contributed by atoms with Gasteiger partial charge in [-0.05, 0) is 38.0 Å². The third kappa shape index (κ3) is 1.57. The summed E-state index contributed by atoms with van der Waals surface area (Å²) in [7, 11) is 0. The summed E-state index contributed by atoms with van der Waals surface area (Å²) in [4.78, 5) is 0. The van der Waals surface area contributed by atoms with Crippen molar-refractivity contribution in [2.24, 2.45) is 10.8 Å². The highest BCUT2D eigenvalue weighted by atomic mass is 16.3. The number of nitrogens with zero attached hydrogens (tertiary/aromatic N) is 1. The maximum atomic E-state index is 10.9. The zero-order valence-corrected chi connectivity index (χ0v) is 10.6. The molecule has 0 aliphatic heterocycles. The van der Waals surface area contributed by atoms with Crippen LogP contribution in [0.25, 0.3) is 0 Å². The maximum absolute atomic E-state index is 10.9. The summed E-state index contributed by atoms with van der Waals surface area (Å²) in [6.45, 7) is 4.05. The van der Waals surface area contributed by atoms with E-state index in [0.717, 1.165) is 38.5 Å². The Morgan fingerprint density at radius 3 is 1.94 bits per heavy atom. The van der Waals surface area contributed by atoms with E-state index in [2.05, 4.69) is 13.0 Å². The molecule has 2 fully saturated rings. The third-order valence-corrected chi connectivity index (χ3v) is 5.28. The molecule has 2 heteroatoms. The zero-order valence-electron chi connectivity index (χ0n) is 10.6. The monoisotopic (exact) mass is 221 g/mol. The Balaban J connectivity index is 2.29. The standard InChI is InChI=1S/C14H23NO/c1-12(9-10-12)13(2,16)14(11-15)7-5-3-4-6-8-14/h16H,3-10H2,1-2H3. The molecule has 1 atom stereocenters. The first-order chi connectivity index (χ1) is 7.47. The molecule has 0 aromatic rings. The number of hydrogen-bond acceptors (Lipinski definition) is 2. The first-order valence-electron chi connectivity index (χ1n) is 6.61. The molecule has 0 heterocycles. The van der Waals surface area contributed by atoms with E-state index in [1.165, 1.54) is 12.8 Å². The Labute approximate surface area is 98.7 Å². The van der Waals surface area contributed by atoms with Gasteiger partial charge in [0.05, 0.1) is 17.1 Å². The van der Waals surface area contributed by atoms with Gasteiger partial charge < -0.3 is 5.11 Å². The lowest BCUT2D eigenvalue weighted by atomic mass is 9.62. The van der Waals surface area contributed by atoms with Crippen molar-refractivity contribution in [2.45, 2.75) is 70.8 Å². The van der Waals surface area contributed by atoms with Gasteiger partial charge in [-0.3, -0.25) is 0 Å². The van der Waals surface area contributed by atoms with Crippen molar-refractivity contribution in [1.82, 2.24) is 0 Å². The third-order valence-electron chi connectivity index (χ3n) is 5.28. The van der Waals surface area contributed by atoms with Gasteiger partial charge in [-0.25, -0.2) is 0 Å². The largest absolute Gasteiger partial charge is 0.388 e. The summed E-state index contributed by atoms with van der Waals surface area (Å²) >= 11 is 0. The van der Waals surface area contributed by atoms with Crippen LogP contribution in [0.3, 0.4) is 0 Å². The van der Waals surface area contributed by atoms with E-state index in [4.69, 9.17) is 0 Å². The van der Waals surface area contributed by atoms with E-state index in [1.807, 2.05) is 6.92 Å². The minimum atomic E-state index is -0.806. The molecule has 2 aliphatic carbocycles. The molecule has 2 saturated carbocycles. The van der Waals surface area contributed by atoms with Crippen molar-refractivity contribution >= 4 is 0 Å². The van der Waals surface area contributed by atoms with Crippen LogP contribution in [-0.4, -0.2) is 10.7 Å². The predicted molar refractivity (Wildman–Crippen MR) is 63.7 cm³/mol. The molecule has 2 nitrogen and oxygen atoms in total. The predicted octanol–water partition coefficient (Wildman–Crippen LogP) is 3.40. The van der Waals surface area contributed by atoms with Crippen LogP contribution in [0.4, 0.5) is 0 Å². The lowest BCUT2D eigenvalue weighted by Crippen LogP contribution is -2.51. The molecule has 90 valence electrons. The van der Waals surface area contributed by atoms with Gasteiger partial charge in [-0.2, -0.15) is 5.26 Å². The van der Waals surface area contributed by atoms with Gasteiger partial charge >= 0.3 is 0 Å². The van der Waals surface area contributed by atoms with Crippen molar-refractivity contribution in [2.75, 3.05) is 0 Å². The summed E-state index contributed by atoms with van der Waals surface area (Å²) in [6.07, 6.45) is 8.54. The number of hydrogen-bond donors (Lipinski definition) is 1. The second kappa shape index (κ2) is 3.74. The number of aliphatic hydroxyl groups is 1. The Morgan fingerprint density at radius 2 is 1.56 bits per heavy atom. The minimum Gasteiger partial charge on any atom is -0.388 e. The lowest BCUT2D eigenvalue weighted by Gasteiger charge is -2.44.